The van der Waals surface area contributed by atoms with Gasteiger partial charge in [-0.05, 0) is 54.2 Å². The highest BCUT2D eigenvalue weighted by Crippen LogP contribution is 2.32. The number of halogens is 1. The molecule has 0 saturated carbocycles. The molecule has 19 heavy (non-hydrogen) atoms. The zero-order valence-corrected chi connectivity index (χ0v) is 12.1. The van der Waals surface area contributed by atoms with Crippen LogP contribution in [0.5, 0.6) is 0 Å². The lowest BCUT2D eigenvalue weighted by Gasteiger charge is -2.05. The van der Waals surface area contributed by atoms with Crippen molar-refractivity contribution in [3.8, 4) is 11.3 Å². The summed E-state index contributed by atoms with van der Waals surface area (Å²) >= 11 is 3.16. The third-order valence-corrected chi connectivity index (χ3v) is 3.58. The SMILES string of the molecule is CNC(C)c1ccc(-c2ccc(Br)c([N+](=O)[O-])c2)o1. The second-order valence-electron chi connectivity index (χ2n) is 4.14. The zero-order chi connectivity index (χ0) is 14.0. The maximum atomic E-state index is 10.9. The van der Waals surface area contributed by atoms with E-state index in [2.05, 4.69) is 21.2 Å². The number of nitrogens with one attached hydrogen (secondary N) is 1. The molecule has 0 bridgehead atoms. The summed E-state index contributed by atoms with van der Waals surface area (Å²) in [6, 6.07) is 8.71. The Hall–Kier alpha value is -1.66. The fraction of sp³-hybridized carbons (Fsp3) is 0.231. The predicted molar refractivity (Wildman–Crippen MR) is 76.0 cm³/mol. The molecule has 0 aliphatic carbocycles. The summed E-state index contributed by atoms with van der Waals surface area (Å²) in [6.07, 6.45) is 0. The van der Waals surface area contributed by atoms with Crippen LogP contribution < -0.4 is 5.32 Å². The molecule has 1 unspecified atom stereocenters. The van der Waals surface area contributed by atoms with Crippen LogP contribution in [0.1, 0.15) is 18.7 Å². The first-order valence-electron chi connectivity index (χ1n) is 5.74. The Morgan fingerprint density at radius 2 is 2.11 bits per heavy atom. The predicted octanol–water partition coefficient (Wildman–Crippen LogP) is 3.90. The van der Waals surface area contributed by atoms with Crippen LogP contribution in [0.15, 0.2) is 39.2 Å². The third kappa shape index (κ3) is 2.85. The molecule has 6 heteroatoms. The molecule has 1 heterocycles. The molecule has 0 amide bonds. The van der Waals surface area contributed by atoms with Gasteiger partial charge in [-0.1, -0.05) is 0 Å². The van der Waals surface area contributed by atoms with Crippen LogP contribution in [0.3, 0.4) is 0 Å². The minimum atomic E-state index is -0.423. The van der Waals surface area contributed by atoms with Crippen molar-refractivity contribution in [2.45, 2.75) is 13.0 Å². The summed E-state index contributed by atoms with van der Waals surface area (Å²) in [5.41, 5.74) is 0.710. The van der Waals surface area contributed by atoms with Gasteiger partial charge in [-0.25, -0.2) is 0 Å². The fourth-order valence-electron chi connectivity index (χ4n) is 1.69. The van der Waals surface area contributed by atoms with E-state index >= 15 is 0 Å². The van der Waals surface area contributed by atoms with Gasteiger partial charge in [-0.3, -0.25) is 10.1 Å². The van der Waals surface area contributed by atoms with E-state index in [4.69, 9.17) is 4.42 Å². The maximum Gasteiger partial charge on any atom is 0.284 e. The summed E-state index contributed by atoms with van der Waals surface area (Å²) in [6.45, 7) is 1.98. The van der Waals surface area contributed by atoms with Crippen LogP contribution >= 0.6 is 15.9 Å². The lowest BCUT2D eigenvalue weighted by atomic mass is 10.1. The molecule has 1 aromatic carbocycles. The van der Waals surface area contributed by atoms with Gasteiger partial charge in [0.25, 0.3) is 5.69 Å². The Labute approximate surface area is 118 Å². The highest BCUT2D eigenvalue weighted by atomic mass is 79.9. The summed E-state index contributed by atoms with van der Waals surface area (Å²) in [4.78, 5) is 10.5. The lowest BCUT2D eigenvalue weighted by Crippen LogP contribution is -2.10. The molecule has 0 fully saturated rings. The van der Waals surface area contributed by atoms with Gasteiger partial charge in [0, 0.05) is 11.6 Å². The Morgan fingerprint density at radius 1 is 1.37 bits per heavy atom. The van der Waals surface area contributed by atoms with E-state index in [-0.39, 0.29) is 11.7 Å². The van der Waals surface area contributed by atoms with Gasteiger partial charge in [0.15, 0.2) is 0 Å². The number of nitro benzene ring substituents is 1. The van der Waals surface area contributed by atoms with Crippen LogP contribution in [-0.4, -0.2) is 12.0 Å². The van der Waals surface area contributed by atoms with Crippen molar-refractivity contribution in [2.75, 3.05) is 7.05 Å². The fourth-order valence-corrected chi connectivity index (χ4v) is 2.08. The minimum Gasteiger partial charge on any atom is -0.459 e. The normalized spacial score (nSPS) is 12.4. The van der Waals surface area contributed by atoms with Crippen LogP contribution in [0, 0.1) is 10.1 Å². The maximum absolute atomic E-state index is 10.9. The van der Waals surface area contributed by atoms with Gasteiger partial charge in [0.1, 0.15) is 11.5 Å². The molecule has 0 radical (unpaired) electrons. The first-order valence-corrected chi connectivity index (χ1v) is 6.53. The molecule has 0 saturated heterocycles. The van der Waals surface area contributed by atoms with Gasteiger partial charge in [-0.2, -0.15) is 0 Å². The van der Waals surface area contributed by atoms with E-state index in [1.165, 1.54) is 6.07 Å². The summed E-state index contributed by atoms with van der Waals surface area (Å²) in [5.74, 6) is 1.41. The number of benzene rings is 1. The van der Waals surface area contributed by atoms with Crippen molar-refractivity contribution >= 4 is 21.6 Å². The van der Waals surface area contributed by atoms with E-state index in [1.54, 1.807) is 12.1 Å². The van der Waals surface area contributed by atoms with Gasteiger partial charge >= 0.3 is 0 Å². The van der Waals surface area contributed by atoms with Crippen LogP contribution in [0.25, 0.3) is 11.3 Å². The smallest absolute Gasteiger partial charge is 0.284 e. The standard InChI is InChI=1S/C13H13BrN2O3/c1-8(15-2)12-5-6-13(19-12)9-3-4-10(14)11(7-9)16(17)18/h3-8,15H,1-2H3. The monoisotopic (exact) mass is 324 g/mol. The molecular weight excluding hydrogens is 312 g/mol. The third-order valence-electron chi connectivity index (χ3n) is 2.91. The molecular formula is C13H13BrN2O3. The van der Waals surface area contributed by atoms with Gasteiger partial charge < -0.3 is 9.73 Å². The lowest BCUT2D eigenvalue weighted by molar-refractivity contribution is -0.385. The quantitative estimate of drug-likeness (QED) is 0.684. The summed E-state index contributed by atoms with van der Waals surface area (Å²) in [5, 5.41) is 14.0. The van der Waals surface area contributed by atoms with Gasteiger partial charge in [0.05, 0.1) is 15.4 Å². The largest absolute Gasteiger partial charge is 0.459 e. The van der Waals surface area contributed by atoms with Crippen LogP contribution in [0.4, 0.5) is 5.69 Å². The minimum absolute atomic E-state index is 0.0251. The van der Waals surface area contributed by atoms with Crippen molar-refractivity contribution < 1.29 is 9.34 Å². The molecule has 100 valence electrons. The molecule has 0 aliphatic heterocycles. The Morgan fingerprint density at radius 3 is 2.74 bits per heavy atom. The average Bonchev–Trinajstić information content (AvgIpc) is 2.87. The average molecular weight is 325 g/mol. The van der Waals surface area contributed by atoms with E-state index in [0.717, 1.165) is 5.76 Å². The molecule has 1 aromatic heterocycles. The number of rotatable bonds is 4. The van der Waals surface area contributed by atoms with Crippen LogP contribution in [0.2, 0.25) is 0 Å². The van der Waals surface area contributed by atoms with Crippen molar-refractivity contribution in [1.82, 2.24) is 5.32 Å². The van der Waals surface area contributed by atoms with Crippen molar-refractivity contribution in [3.63, 3.8) is 0 Å². The molecule has 2 rings (SSSR count). The molecule has 1 atom stereocenters. The van der Waals surface area contributed by atoms with Crippen molar-refractivity contribution in [3.05, 3.63) is 50.7 Å². The van der Waals surface area contributed by atoms with E-state index < -0.39 is 4.92 Å². The Bertz CT molecular complexity index is 610. The Kier molecular flexibility index (Phi) is 4.01. The molecule has 0 spiro atoms. The number of hydrogen-bond donors (Lipinski definition) is 1. The number of hydrogen-bond acceptors (Lipinski definition) is 4. The van der Waals surface area contributed by atoms with E-state index in [1.807, 2.05) is 26.1 Å². The number of furan rings is 1. The van der Waals surface area contributed by atoms with Crippen LogP contribution in [-0.2, 0) is 0 Å². The highest BCUT2D eigenvalue weighted by Gasteiger charge is 2.15. The van der Waals surface area contributed by atoms with Crippen molar-refractivity contribution in [2.24, 2.45) is 0 Å². The summed E-state index contributed by atoms with van der Waals surface area (Å²) in [7, 11) is 1.84. The second-order valence-corrected chi connectivity index (χ2v) is 4.99. The van der Waals surface area contributed by atoms with Crippen molar-refractivity contribution in [1.29, 1.82) is 0 Å². The zero-order valence-electron chi connectivity index (χ0n) is 10.5. The number of nitro groups is 1. The van der Waals surface area contributed by atoms with E-state index in [0.29, 0.717) is 15.8 Å². The molecule has 1 N–H and O–H groups in total. The topological polar surface area (TPSA) is 68.3 Å². The van der Waals surface area contributed by atoms with Gasteiger partial charge in [0.2, 0.25) is 0 Å². The second kappa shape index (κ2) is 5.54. The number of nitrogens with zero attached hydrogens (tertiary/aromatic N) is 1. The molecule has 0 aliphatic rings. The molecule has 5 nitrogen and oxygen atoms in total. The first-order chi connectivity index (χ1) is 9.02. The molecule has 2 aromatic rings. The van der Waals surface area contributed by atoms with E-state index in [9.17, 15) is 10.1 Å². The summed E-state index contributed by atoms with van der Waals surface area (Å²) < 4.78 is 6.15. The highest BCUT2D eigenvalue weighted by molar-refractivity contribution is 9.10. The Balaban J connectivity index is 2.39. The first kappa shape index (κ1) is 13.8. The van der Waals surface area contributed by atoms with Gasteiger partial charge in [-0.15, -0.1) is 0 Å².